The number of nitrogens with two attached hydrogens (primary N) is 1. The van der Waals surface area contributed by atoms with Crippen LogP contribution in [0.5, 0.6) is 0 Å². The molecule has 1 unspecified atom stereocenters. The number of benzene rings is 2. The van der Waals surface area contributed by atoms with E-state index < -0.39 is 17.9 Å². The number of piperidine rings is 1. The molecule has 0 bridgehead atoms. The van der Waals surface area contributed by atoms with Crippen LogP contribution in [0.2, 0.25) is 5.02 Å². The van der Waals surface area contributed by atoms with Crippen molar-refractivity contribution in [2.45, 2.75) is 18.9 Å². The van der Waals surface area contributed by atoms with Gasteiger partial charge in [0.05, 0.1) is 6.04 Å². The minimum atomic E-state index is -0.590. The van der Waals surface area contributed by atoms with Gasteiger partial charge in [0.1, 0.15) is 0 Å². The van der Waals surface area contributed by atoms with E-state index in [0.717, 1.165) is 6.42 Å². The van der Waals surface area contributed by atoms with Gasteiger partial charge in [-0.05, 0) is 61.4 Å². The van der Waals surface area contributed by atoms with Gasteiger partial charge in [0.2, 0.25) is 5.91 Å². The molecule has 1 aliphatic rings. The SMILES string of the molecule is NC1CCCN(c2ccc(NC(=O)c3nccnc3C(=O)Nc3ccc(Cl)cc3)cc2)C1=O. The fourth-order valence-corrected chi connectivity index (χ4v) is 3.59. The number of halogens is 1. The van der Waals surface area contributed by atoms with E-state index in [9.17, 15) is 14.4 Å². The Labute approximate surface area is 195 Å². The van der Waals surface area contributed by atoms with E-state index in [4.69, 9.17) is 17.3 Å². The fourth-order valence-electron chi connectivity index (χ4n) is 3.47. The van der Waals surface area contributed by atoms with Gasteiger partial charge in [0, 0.05) is 41.0 Å². The summed E-state index contributed by atoms with van der Waals surface area (Å²) >= 11 is 5.86. The molecule has 3 aromatic rings. The van der Waals surface area contributed by atoms with Crippen LogP contribution in [0.25, 0.3) is 0 Å². The molecule has 2 aromatic carbocycles. The molecule has 2 heterocycles. The highest BCUT2D eigenvalue weighted by atomic mass is 35.5. The Kier molecular flexibility index (Phi) is 6.62. The third-order valence-electron chi connectivity index (χ3n) is 5.15. The van der Waals surface area contributed by atoms with Crippen LogP contribution in [0.1, 0.15) is 33.8 Å². The molecule has 1 aliphatic heterocycles. The zero-order valence-corrected chi connectivity index (χ0v) is 18.2. The Hall–Kier alpha value is -3.82. The molecule has 9 nitrogen and oxygen atoms in total. The lowest BCUT2D eigenvalue weighted by Crippen LogP contribution is -2.48. The molecule has 1 atom stereocenters. The van der Waals surface area contributed by atoms with Crippen LogP contribution in [0.4, 0.5) is 17.1 Å². The molecular formula is C23H21ClN6O3. The van der Waals surface area contributed by atoms with Gasteiger partial charge < -0.3 is 21.3 Å². The van der Waals surface area contributed by atoms with Crippen LogP contribution < -0.4 is 21.3 Å². The highest BCUT2D eigenvalue weighted by Crippen LogP contribution is 2.23. The van der Waals surface area contributed by atoms with Crippen LogP contribution in [0.15, 0.2) is 60.9 Å². The predicted octanol–water partition coefficient (Wildman–Crippen LogP) is 3.09. The molecule has 0 saturated carbocycles. The van der Waals surface area contributed by atoms with Crippen molar-refractivity contribution in [2.24, 2.45) is 5.73 Å². The summed E-state index contributed by atoms with van der Waals surface area (Å²) in [6.07, 6.45) is 4.18. The molecule has 4 N–H and O–H groups in total. The summed E-state index contributed by atoms with van der Waals surface area (Å²) < 4.78 is 0. The average Bonchev–Trinajstić information content (AvgIpc) is 2.83. The Bertz CT molecular complexity index is 1180. The molecule has 10 heteroatoms. The van der Waals surface area contributed by atoms with Gasteiger partial charge >= 0.3 is 0 Å². The van der Waals surface area contributed by atoms with Gasteiger partial charge in [-0.3, -0.25) is 14.4 Å². The fraction of sp³-hybridized carbons (Fsp3) is 0.174. The van der Waals surface area contributed by atoms with E-state index in [1.165, 1.54) is 12.4 Å². The molecule has 0 aliphatic carbocycles. The average molecular weight is 465 g/mol. The quantitative estimate of drug-likeness (QED) is 0.532. The summed E-state index contributed by atoms with van der Waals surface area (Å²) in [5, 5.41) is 5.91. The minimum Gasteiger partial charge on any atom is -0.321 e. The number of hydrogen-bond acceptors (Lipinski definition) is 6. The van der Waals surface area contributed by atoms with Crippen LogP contribution >= 0.6 is 11.6 Å². The molecule has 33 heavy (non-hydrogen) atoms. The predicted molar refractivity (Wildman–Crippen MR) is 125 cm³/mol. The smallest absolute Gasteiger partial charge is 0.276 e. The van der Waals surface area contributed by atoms with E-state index in [-0.39, 0.29) is 17.3 Å². The van der Waals surface area contributed by atoms with Crippen LogP contribution in [-0.2, 0) is 4.79 Å². The highest BCUT2D eigenvalue weighted by molar-refractivity contribution is 6.30. The van der Waals surface area contributed by atoms with Crippen LogP contribution in [-0.4, -0.2) is 40.3 Å². The Balaban J connectivity index is 1.47. The van der Waals surface area contributed by atoms with Crippen molar-refractivity contribution in [1.82, 2.24) is 9.97 Å². The molecule has 0 spiro atoms. The number of rotatable bonds is 5. The zero-order chi connectivity index (χ0) is 23.4. The van der Waals surface area contributed by atoms with E-state index in [1.807, 2.05) is 0 Å². The van der Waals surface area contributed by atoms with E-state index in [1.54, 1.807) is 53.4 Å². The molecule has 3 amide bonds. The maximum Gasteiger partial charge on any atom is 0.276 e. The largest absolute Gasteiger partial charge is 0.321 e. The molecule has 0 radical (unpaired) electrons. The monoisotopic (exact) mass is 464 g/mol. The number of anilines is 3. The number of hydrogen-bond donors (Lipinski definition) is 3. The molecule has 1 aromatic heterocycles. The first-order chi connectivity index (χ1) is 15.9. The normalized spacial score (nSPS) is 15.8. The lowest BCUT2D eigenvalue weighted by Gasteiger charge is -2.30. The van der Waals surface area contributed by atoms with Crippen molar-refractivity contribution >= 4 is 46.4 Å². The van der Waals surface area contributed by atoms with Gasteiger partial charge in [-0.1, -0.05) is 11.6 Å². The summed E-state index contributed by atoms with van der Waals surface area (Å²) in [6.45, 7) is 0.601. The van der Waals surface area contributed by atoms with Crippen molar-refractivity contribution in [1.29, 1.82) is 0 Å². The standard InChI is InChI=1S/C23H21ClN6O3/c24-14-3-5-15(6-4-14)28-21(31)19-20(27-12-11-26-19)22(32)29-16-7-9-17(10-8-16)30-13-1-2-18(25)23(30)33/h3-12,18H,1-2,13,25H2,(H,28,31)(H,29,32). The van der Waals surface area contributed by atoms with Crippen molar-refractivity contribution in [3.63, 3.8) is 0 Å². The zero-order valence-electron chi connectivity index (χ0n) is 17.5. The topological polar surface area (TPSA) is 130 Å². The second kappa shape index (κ2) is 9.76. The third-order valence-corrected chi connectivity index (χ3v) is 5.40. The highest BCUT2D eigenvalue weighted by Gasteiger charge is 2.26. The number of nitrogens with zero attached hydrogens (tertiary/aromatic N) is 3. The maximum atomic E-state index is 12.8. The van der Waals surface area contributed by atoms with Crippen molar-refractivity contribution < 1.29 is 14.4 Å². The Morgan fingerprint density at radius 1 is 0.909 bits per heavy atom. The summed E-state index contributed by atoms with van der Waals surface area (Å²) in [5.74, 6) is -1.28. The van der Waals surface area contributed by atoms with E-state index in [0.29, 0.717) is 35.1 Å². The molecular weight excluding hydrogens is 444 g/mol. The summed E-state index contributed by atoms with van der Waals surface area (Å²) in [5.41, 5.74) is 7.31. The van der Waals surface area contributed by atoms with Gasteiger partial charge in [-0.25, -0.2) is 9.97 Å². The second-order valence-electron chi connectivity index (χ2n) is 7.45. The lowest BCUT2D eigenvalue weighted by molar-refractivity contribution is -0.120. The summed E-state index contributed by atoms with van der Waals surface area (Å²) in [6, 6.07) is 12.9. The van der Waals surface area contributed by atoms with Crippen LogP contribution in [0.3, 0.4) is 0 Å². The first-order valence-electron chi connectivity index (χ1n) is 10.3. The number of nitrogens with one attached hydrogen (secondary N) is 2. The number of carbonyl (C=O) groups is 3. The van der Waals surface area contributed by atoms with Crippen molar-refractivity contribution in [3.8, 4) is 0 Å². The van der Waals surface area contributed by atoms with Gasteiger partial charge in [0.25, 0.3) is 11.8 Å². The van der Waals surface area contributed by atoms with E-state index >= 15 is 0 Å². The Morgan fingerprint density at radius 2 is 1.42 bits per heavy atom. The molecule has 1 saturated heterocycles. The summed E-state index contributed by atoms with van der Waals surface area (Å²) in [4.78, 5) is 47.5. The number of aromatic nitrogens is 2. The first-order valence-corrected chi connectivity index (χ1v) is 10.7. The third kappa shape index (κ3) is 5.16. The van der Waals surface area contributed by atoms with Crippen LogP contribution in [0, 0.1) is 0 Å². The number of carbonyl (C=O) groups excluding carboxylic acids is 3. The second-order valence-corrected chi connectivity index (χ2v) is 7.89. The Morgan fingerprint density at radius 3 is 1.97 bits per heavy atom. The van der Waals surface area contributed by atoms with Crippen molar-refractivity contribution in [2.75, 3.05) is 22.1 Å². The van der Waals surface area contributed by atoms with E-state index in [2.05, 4.69) is 20.6 Å². The number of amides is 3. The van der Waals surface area contributed by atoms with Gasteiger partial charge in [-0.15, -0.1) is 0 Å². The molecule has 4 rings (SSSR count). The van der Waals surface area contributed by atoms with Gasteiger partial charge in [0.15, 0.2) is 11.4 Å². The first kappa shape index (κ1) is 22.4. The molecule has 1 fully saturated rings. The molecule has 168 valence electrons. The lowest BCUT2D eigenvalue weighted by atomic mass is 10.0. The van der Waals surface area contributed by atoms with Gasteiger partial charge in [-0.2, -0.15) is 0 Å². The summed E-state index contributed by atoms with van der Waals surface area (Å²) in [7, 11) is 0. The van der Waals surface area contributed by atoms with Crippen molar-refractivity contribution in [3.05, 3.63) is 77.3 Å². The maximum absolute atomic E-state index is 12.8. The minimum absolute atomic E-state index is 0.116.